The van der Waals surface area contributed by atoms with Crippen LogP contribution in [0.3, 0.4) is 0 Å². The topological polar surface area (TPSA) is 128 Å². The molecule has 1 fully saturated rings. The van der Waals surface area contributed by atoms with E-state index in [0.29, 0.717) is 42.4 Å². The van der Waals surface area contributed by atoms with Gasteiger partial charge in [-0.1, -0.05) is 12.1 Å². The Hall–Kier alpha value is -5.23. The van der Waals surface area contributed by atoms with Gasteiger partial charge < -0.3 is 20.7 Å². The van der Waals surface area contributed by atoms with Crippen LogP contribution in [0.25, 0.3) is 0 Å². The van der Waals surface area contributed by atoms with Crippen LogP contribution in [0.4, 0.5) is 37.6 Å². The Morgan fingerprint density at radius 1 is 0.837 bits per heavy atom. The molecule has 0 spiro atoms. The number of carbonyl (C=O) groups excluding carboxylic acids is 3. The van der Waals surface area contributed by atoms with Gasteiger partial charge in [0.2, 0.25) is 5.95 Å². The smallest absolute Gasteiger partial charge is 0.265 e. The molecule has 2 heterocycles. The number of aromatic nitrogens is 2. The Bertz CT molecular complexity index is 1590. The van der Waals surface area contributed by atoms with Crippen molar-refractivity contribution in [2.75, 3.05) is 29.0 Å². The number of nitrogens with zero attached hydrogens (tertiary/aromatic N) is 3. The Balaban J connectivity index is 1.16. The third-order valence-corrected chi connectivity index (χ3v) is 6.98. The minimum atomic E-state index is -0.686. The van der Waals surface area contributed by atoms with E-state index in [4.69, 9.17) is 0 Å². The van der Waals surface area contributed by atoms with Gasteiger partial charge in [0.25, 0.3) is 11.8 Å². The number of hydrogen-bond acceptors (Lipinski definition) is 8. The highest BCUT2D eigenvalue weighted by Gasteiger charge is 2.20. The number of anilines is 5. The van der Waals surface area contributed by atoms with Gasteiger partial charge >= 0.3 is 0 Å². The van der Waals surface area contributed by atoms with Gasteiger partial charge in [0.05, 0.1) is 11.9 Å². The number of aldehydes is 1. The van der Waals surface area contributed by atoms with Gasteiger partial charge in [0.15, 0.2) is 11.6 Å². The predicted molar refractivity (Wildman–Crippen MR) is 158 cm³/mol. The molecule has 0 radical (unpaired) electrons. The van der Waals surface area contributed by atoms with Gasteiger partial charge in [-0.25, -0.2) is 18.8 Å². The molecule has 1 aliphatic rings. The summed E-state index contributed by atoms with van der Waals surface area (Å²) < 4.78 is 28.3. The maximum absolute atomic E-state index is 14.5. The van der Waals surface area contributed by atoms with Crippen LogP contribution in [0.2, 0.25) is 0 Å². The number of piperidine rings is 1. The van der Waals surface area contributed by atoms with E-state index in [1.54, 1.807) is 42.5 Å². The molecule has 0 aliphatic carbocycles. The first-order chi connectivity index (χ1) is 20.9. The van der Waals surface area contributed by atoms with E-state index in [2.05, 4.69) is 31.3 Å². The molecule has 1 aromatic heterocycles. The normalized spacial score (nSPS) is 13.6. The van der Waals surface area contributed by atoms with E-state index < -0.39 is 17.5 Å². The maximum Gasteiger partial charge on any atom is 0.265 e. The van der Waals surface area contributed by atoms with E-state index in [1.165, 1.54) is 30.3 Å². The van der Waals surface area contributed by atoms with Gasteiger partial charge in [0.1, 0.15) is 12.1 Å². The molecule has 12 heteroatoms. The number of amides is 2. The largest absolute Gasteiger partial charge is 0.338 e. The minimum Gasteiger partial charge on any atom is -0.338 e. The number of rotatable bonds is 10. The van der Waals surface area contributed by atoms with Crippen molar-refractivity contribution in [1.82, 2.24) is 20.4 Å². The first-order valence-corrected chi connectivity index (χ1v) is 13.7. The van der Waals surface area contributed by atoms with Crippen molar-refractivity contribution in [2.45, 2.75) is 19.3 Å². The lowest BCUT2D eigenvalue weighted by molar-refractivity contribution is -0.109. The number of para-hydroxylation sites is 1. The highest BCUT2D eigenvalue weighted by molar-refractivity contribution is 6.04. The lowest BCUT2D eigenvalue weighted by Gasteiger charge is -2.31. The second-order valence-corrected chi connectivity index (χ2v) is 10.0. The van der Waals surface area contributed by atoms with Crippen LogP contribution in [0.15, 0.2) is 79.0 Å². The molecule has 0 saturated carbocycles. The van der Waals surface area contributed by atoms with E-state index in [9.17, 15) is 23.2 Å². The van der Waals surface area contributed by atoms with Gasteiger partial charge in [-0.15, -0.1) is 0 Å². The van der Waals surface area contributed by atoms with Crippen LogP contribution < -0.4 is 21.4 Å². The molecule has 5 rings (SSSR count). The van der Waals surface area contributed by atoms with E-state index in [0.717, 1.165) is 25.3 Å². The highest BCUT2D eigenvalue weighted by Crippen LogP contribution is 2.22. The number of carbonyl (C=O) groups is 3. The Morgan fingerprint density at radius 3 is 2.12 bits per heavy atom. The molecule has 4 N–H and O–H groups in total. The molecular formula is C31H29F2N7O3. The standard InChI is InChI=1S/C31H29F2N7O3/c32-25-3-1-2-4-27(25)37-29(42)21-5-9-23(10-6-21)35-28-26(33)19-34-31(38-28)36-24-11-7-22(8-12-24)30(43)39-40-16-13-20(14-17-40)15-18-41/h1-12,18-20H,13-17H2,(H,37,42)(H,39,43)(H2,34,35,36,38). The van der Waals surface area contributed by atoms with Crippen molar-refractivity contribution >= 4 is 46.9 Å². The highest BCUT2D eigenvalue weighted by atomic mass is 19.1. The van der Waals surface area contributed by atoms with Crippen molar-refractivity contribution in [2.24, 2.45) is 5.92 Å². The first-order valence-electron chi connectivity index (χ1n) is 13.7. The third-order valence-electron chi connectivity index (χ3n) is 6.98. The van der Waals surface area contributed by atoms with Crippen molar-refractivity contribution < 1.29 is 23.2 Å². The number of halogens is 2. The SMILES string of the molecule is O=CCC1CCN(NC(=O)c2ccc(Nc3ncc(F)c(Nc4ccc(C(=O)Nc5ccccc5F)cc4)n3)cc2)CC1. The van der Waals surface area contributed by atoms with Crippen LogP contribution in [0.5, 0.6) is 0 Å². The summed E-state index contributed by atoms with van der Waals surface area (Å²) in [6.07, 6.45) is 4.24. The summed E-state index contributed by atoms with van der Waals surface area (Å²) in [6.45, 7) is 1.38. The molecule has 43 heavy (non-hydrogen) atoms. The quantitative estimate of drug-likeness (QED) is 0.181. The first kappa shape index (κ1) is 29.3. The third kappa shape index (κ3) is 7.74. The van der Waals surface area contributed by atoms with Crippen molar-refractivity contribution in [3.63, 3.8) is 0 Å². The Morgan fingerprint density at radius 2 is 1.47 bits per heavy atom. The second-order valence-electron chi connectivity index (χ2n) is 10.0. The molecule has 2 amide bonds. The Labute approximate surface area is 246 Å². The monoisotopic (exact) mass is 585 g/mol. The summed E-state index contributed by atoms with van der Waals surface area (Å²) in [5.41, 5.74) is 4.78. The lowest BCUT2D eigenvalue weighted by Crippen LogP contribution is -2.46. The van der Waals surface area contributed by atoms with Crippen LogP contribution in [-0.2, 0) is 4.79 Å². The van der Waals surface area contributed by atoms with Gasteiger partial charge in [0, 0.05) is 42.0 Å². The van der Waals surface area contributed by atoms with E-state index >= 15 is 0 Å². The van der Waals surface area contributed by atoms with Crippen molar-refractivity contribution in [3.05, 3.63) is 102 Å². The van der Waals surface area contributed by atoms with Crippen LogP contribution >= 0.6 is 0 Å². The predicted octanol–water partition coefficient (Wildman–Crippen LogP) is 5.44. The minimum absolute atomic E-state index is 0.0685. The fourth-order valence-electron chi connectivity index (χ4n) is 4.57. The molecule has 1 aliphatic heterocycles. The van der Waals surface area contributed by atoms with Crippen molar-refractivity contribution in [1.29, 1.82) is 0 Å². The van der Waals surface area contributed by atoms with Gasteiger partial charge in [-0.2, -0.15) is 4.98 Å². The molecule has 1 saturated heterocycles. The van der Waals surface area contributed by atoms with Gasteiger partial charge in [-0.05, 0) is 79.4 Å². The molecular weight excluding hydrogens is 556 g/mol. The zero-order valence-electron chi connectivity index (χ0n) is 23.0. The number of benzene rings is 3. The molecule has 10 nitrogen and oxygen atoms in total. The molecule has 4 aromatic rings. The average molecular weight is 586 g/mol. The number of nitrogens with one attached hydrogen (secondary N) is 4. The molecule has 220 valence electrons. The fourth-order valence-corrected chi connectivity index (χ4v) is 4.57. The van der Waals surface area contributed by atoms with Gasteiger partial charge in [-0.3, -0.25) is 15.0 Å². The molecule has 3 aromatic carbocycles. The van der Waals surface area contributed by atoms with Crippen molar-refractivity contribution in [3.8, 4) is 0 Å². The second kappa shape index (κ2) is 13.6. The van der Waals surface area contributed by atoms with Crippen LogP contribution in [0.1, 0.15) is 40.0 Å². The zero-order chi connectivity index (χ0) is 30.2. The zero-order valence-corrected chi connectivity index (χ0v) is 23.0. The summed E-state index contributed by atoms with van der Waals surface area (Å²) in [4.78, 5) is 44.0. The summed E-state index contributed by atoms with van der Waals surface area (Å²) in [7, 11) is 0. The summed E-state index contributed by atoms with van der Waals surface area (Å²) in [5.74, 6) is -1.55. The van der Waals surface area contributed by atoms with E-state index in [-0.39, 0.29) is 28.9 Å². The number of hydrogen-bond donors (Lipinski definition) is 4. The average Bonchev–Trinajstić information content (AvgIpc) is 3.02. The molecule has 0 atom stereocenters. The van der Waals surface area contributed by atoms with Crippen LogP contribution in [-0.4, -0.2) is 46.2 Å². The molecule has 0 bridgehead atoms. The fraction of sp³-hybridized carbons (Fsp3) is 0.194. The summed E-state index contributed by atoms with van der Waals surface area (Å²) in [5, 5.41) is 10.2. The maximum atomic E-state index is 14.5. The molecule has 0 unspecified atom stereocenters. The number of hydrazine groups is 1. The summed E-state index contributed by atoms with van der Waals surface area (Å²) in [6, 6.07) is 18.7. The summed E-state index contributed by atoms with van der Waals surface area (Å²) >= 11 is 0. The lowest BCUT2D eigenvalue weighted by atomic mass is 9.95. The van der Waals surface area contributed by atoms with E-state index in [1.807, 2.05) is 5.01 Å². The van der Waals surface area contributed by atoms with Crippen LogP contribution in [0, 0.1) is 17.6 Å². The Kier molecular flexibility index (Phi) is 9.27.